The lowest BCUT2D eigenvalue weighted by Crippen LogP contribution is -1.97. The Kier molecular flexibility index (Phi) is 5.33. The third-order valence-corrected chi connectivity index (χ3v) is 2.80. The van der Waals surface area contributed by atoms with Gasteiger partial charge < -0.3 is 9.84 Å². The van der Waals surface area contributed by atoms with Gasteiger partial charge in [0.2, 0.25) is 0 Å². The first kappa shape index (κ1) is 13.0. The van der Waals surface area contributed by atoms with Gasteiger partial charge in [0.25, 0.3) is 0 Å². The zero-order chi connectivity index (χ0) is 12.0. The summed E-state index contributed by atoms with van der Waals surface area (Å²) >= 11 is 0. The van der Waals surface area contributed by atoms with Crippen LogP contribution in [0.1, 0.15) is 36.0 Å². The lowest BCUT2D eigenvalue weighted by Gasteiger charge is -2.12. The van der Waals surface area contributed by atoms with Crippen LogP contribution < -0.4 is 4.74 Å². The molecule has 90 valence electrons. The number of rotatable bonds is 6. The van der Waals surface area contributed by atoms with Crippen LogP contribution >= 0.6 is 0 Å². The third kappa shape index (κ3) is 3.53. The van der Waals surface area contributed by atoms with Crippen LogP contribution in [0.2, 0.25) is 0 Å². The van der Waals surface area contributed by atoms with Crippen molar-refractivity contribution >= 4 is 0 Å². The van der Waals surface area contributed by atoms with Gasteiger partial charge >= 0.3 is 0 Å². The van der Waals surface area contributed by atoms with E-state index in [-0.39, 0.29) is 0 Å². The monoisotopic (exact) mass is 222 g/mol. The fourth-order valence-corrected chi connectivity index (χ4v) is 2.12. The summed E-state index contributed by atoms with van der Waals surface area (Å²) in [5, 5.41) is 8.73. The smallest absolute Gasteiger partial charge is 0.124 e. The number of benzene rings is 1. The molecule has 0 radical (unpaired) electrons. The minimum absolute atomic E-state index is 0.296. The third-order valence-electron chi connectivity index (χ3n) is 2.80. The minimum atomic E-state index is 0.296. The topological polar surface area (TPSA) is 29.5 Å². The van der Waals surface area contributed by atoms with Crippen molar-refractivity contribution in [2.45, 2.75) is 39.5 Å². The van der Waals surface area contributed by atoms with Gasteiger partial charge in [-0.05, 0) is 44.2 Å². The highest BCUT2D eigenvalue weighted by molar-refractivity contribution is 5.43. The molecule has 1 aromatic rings. The van der Waals surface area contributed by atoms with Crippen LogP contribution in [0.4, 0.5) is 0 Å². The Balaban J connectivity index is 2.69. The molecule has 0 aromatic heterocycles. The zero-order valence-electron chi connectivity index (χ0n) is 10.5. The number of hydrogen-bond acceptors (Lipinski definition) is 2. The first-order chi connectivity index (χ1) is 7.69. The molecule has 0 aliphatic carbocycles. The highest BCUT2D eigenvalue weighted by Crippen LogP contribution is 2.26. The first-order valence-corrected chi connectivity index (χ1v) is 5.94. The zero-order valence-corrected chi connectivity index (χ0v) is 10.5. The number of aliphatic hydroxyl groups is 1. The Morgan fingerprint density at radius 3 is 2.50 bits per heavy atom. The fraction of sp³-hybridized carbons (Fsp3) is 0.571. The van der Waals surface area contributed by atoms with E-state index in [0.717, 1.165) is 31.4 Å². The summed E-state index contributed by atoms with van der Waals surface area (Å²) in [6.45, 7) is 4.50. The second kappa shape index (κ2) is 6.54. The number of methoxy groups -OCH3 is 1. The average molecular weight is 222 g/mol. The Morgan fingerprint density at radius 1 is 1.12 bits per heavy atom. The van der Waals surface area contributed by atoms with E-state index in [0.29, 0.717) is 6.61 Å². The second-order valence-electron chi connectivity index (χ2n) is 4.31. The molecule has 1 N–H and O–H groups in total. The van der Waals surface area contributed by atoms with Gasteiger partial charge in [-0.15, -0.1) is 0 Å². The van der Waals surface area contributed by atoms with Gasteiger partial charge in [-0.1, -0.05) is 24.1 Å². The lowest BCUT2D eigenvalue weighted by atomic mass is 10.0. The fourth-order valence-electron chi connectivity index (χ4n) is 2.12. The predicted octanol–water partition coefficient (Wildman–Crippen LogP) is 3.02. The molecule has 0 aliphatic rings. The van der Waals surface area contributed by atoms with E-state index in [1.807, 2.05) is 0 Å². The van der Waals surface area contributed by atoms with Gasteiger partial charge in [0.1, 0.15) is 5.75 Å². The van der Waals surface area contributed by atoms with Crippen molar-refractivity contribution in [3.8, 4) is 5.75 Å². The maximum atomic E-state index is 8.73. The van der Waals surface area contributed by atoms with Crippen LogP contribution in [0.5, 0.6) is 5.75 Å². The van der Waals surface area contributed by atoms with E-state index < -0.39 is 0 Å². The molecule has 0 saturated heterocycles. The first-order valence-electron chi connectivity index (χ1n) is 5.94. The van der Waals surface area contributed by atoms with E-state index in [1.54, 1.807) is 7.11 Å². The van der Waals surface area contributed by atoms with E-state index in [9.17, 15) is 0 Å². The SMILES string of the molecule is COc1c(C)cc(C)cc1CCCCCO. The summed E-state index contributed by atoms with van der Waals surface area (Å²) in [5.41, 5.74) is 3.79. The van der Waals surface area contributed by atoms with Crippen molar-refractivity contribution in [1.29, 1.82) is 0 Å². The summed E-state index contributed by atoms with van der Waals surface area (Å²) in [5.74, 6) is 1.02. The molecule has 2 heteroatoms. The van der Waals surface area contributed by atoms with Crippen LogP contribution in [-0.2, 0) is 6.42 Å². The molecule has 1 rings (SSSR count). The highest BCUT2D eigenvalue weighted by atomic mass is 16.5. The van der Waals surface area contributed by atoms with E-state index in [4.69, 9.17) is 9.84 Å². The molecule has 0 saturated carbocycles. The summed E-state index contributed by atoms with van der Waals surface area (Å²) in [4.78, 5) is 0. The molecule has 0 heterocycles. The standard InChI is InChI=1S/C14H22O2/c1-11-9-12(2)14(16-3)13(10-11)7-5-4-6-8-15/h9-10,15H,4-8H2,1-3H3. The second-order valence-corrected chi connectivity index (χ2v) is 4.31. The molecule has 0 unspecified atom stereocenters. The number of unbranched alkanes of at least 4 members (excludes halogenated alkanes) is 2. The normalized spacial score (nSPS) is 10.5. The molecule has 0 atom stereocenters. The van der Waals surface area contributed by atoms with Crippen LogP contribution in [0.15, 0.2) is 12.1 Å². The van der Waals surface area contributed by atoms with Crippen molar-refractivity contribution in [2.75, 3.05) is 13.7 Å². The largest absolute Gasteiger partial charge is 0.496 e. The maximum absolute atomic E-state index is 8.73. The summed E-state index contributed by atoms with van der Waals surface area (Å²) in [6.07, 6.45) is 4.12. The van der Waals surface area contributed by atoms with Gasteiger partial charge in [-0.2, -0.15) is 0 Å². The minimum Gasteiger partial charge on any atom is -0.496 e. The van der Waals surface area contributed by atoms with Crippen molar-refractivity contribution in [3.63, 3.8) is 0 Å². The number of aryl methyl sites for hydroxylation is 3. The van der Waals surface area contributed by atoms with Gasteiger partial charge in [-0.3, -0.25) is 0 Å². The van der Waals surface area contributed by atoms with E-state index in [1.165, 1.54) is 16.7 Å². The molecule has 1 aromatic carbocycles. The molecule has 0 amide bonds. The maximum Gasteiger partial charge on any atom is 0.124 e. The van der Waals surface area contributed by atoms with Crippen LogP contribution in [0, 0.1) is 13.8 Å². The molecule has 0 bridgehead atoms. The Labute approximate surface area is 98.3 Å². The molecule has 0 aliphatic heterocycles. The number of aliphatic hydroxyl groups excluding tert-OH is 1. The van der Waals surface area contributed by atoms with E-state index >= 15 is 0 Å². The Bertz CT molecular complexity index is 332. The molecular formula is C14H22O2. The summed E-state index contributed by atoms with van der Waals surface area (Å²) < 4.78 is 5.44. The summed E-state index contributed by atoms with van der Waals surface area (Å²) in [7, 11) is 1.73. The van der Waals surface area contributed by atoms with Gasteiger partial charge in [-0.25, -0.2) is 0 Å². The van der Waals surface area contributed by atoms with Crippen molar-refractivity contribution in [3.05, 3.63) is 28.8 Å². The average Bonchev–Trinajstić information content (AvgIpc) is 2.24. The Morgan fingerprint density at radius 2 is 1.88 bits per heavy atom. The highest BCUT2D eigenvalue weighted by Gasteiger charge is 2.06. The van der Waals surface area contributed by atoms with Crippen LogP contribution in [0.25, 0.3) is 0 Å². The van der Waals surface area contributed by atoms with Gasteiger partial charge in [0.05, 0.1) is 7.11 Å². The van der Waals surface area contributed by atoms with Crippen molar-refractivity contribution in [1.82, 2.24) is 0 Å². The van der Waals surface area contributed by atoms with Crippen molar-refractivity contribution < 1.29 is 9.84 Å². The molecule has 0 spiro atoms. The number of ether oxygens (including phenoxy) is 1. The van der Waals surface area contributed by atoms with Crippen LogP contribution in [0.3, 0.4) is 0 Å². The molecule has 16 heavy (non-hydrogen) atoms. The van der Waals surface area contributed by atoms with Crippen LogP contribution in [-0.4, -0.2) is 18.8 Å². The van der Waals surface area contributed by atoms with E-state index in [2.05, 4.69) is 26.0 Å². The summed E-state index contributed by atoms with van der Waals surface area (Å²) in [6, 6.07) is 4.35. The number of hydrogen-bond donors (Lipinski definition) is 1. The lowest BCUT2D eigenvalue weighted by molar-refractivity contribution is 0.283. The predicted molar refractivity (Wildman–Crippen MR) is 67.1 cm³/mol. The molecule has 0 fully saturated rings. The Hall–Kier alpha value is -1.02. The molecular weight excluding hydrogens is 200 g/mol. The van der Waals surface area contributed by atoms with Gasteiger partial charge in [0.15, 0.2) is 0 Å². The molecule has 2 nitrogen and oxygen atoms in total. The van der Waals surface area contributed by atoms with Crippen molar-refractivity contribution in [2.24, 2.45) is 0 Å². The van der Waals surface area contributed by atoms with Gasteiger partial charge in [0, 0.05) is 6.61 Å². The quantitative estimate of drug-likeness (QED) is 0.750.